The molecule has 1 rings (SSSR count). The Hall–Kier alpha value is -0.490. The van der Waals surface area contributed by atoms with E-state index in [1.807, 2.05) is 0 Å². The van der Waals surface area contributed by atoms with E-state index in [0.717, 1.165) is 0 Å². The van der Waals surface area contributed by atoms with E-state index in [9.17, 15) is 13.2 Å². The van der Waals surface area contributed by atoms with E-state index in [4.69, 9.17) is 10.2 Å². The van der Waals surface area contributed by atoms with E-state index in [-0.39, 0.29) is 6.42 Å². The van der Waals surface area contributed by atoms with Crippen molar-refractivity contribution in [2.24, 2.45) is 5.73 Å². The Morgan fingerprint density at radius 3 is 2.57 bits per heavy atom. The molecule has 1 unspecified atom stereocenters. The first-order chi connectivity index (χ1) is 6.40. The molecule has 80 valence electrons. The fraction of sp³-hybridized carbons (Fsp3) is 0.500. The van der Waals surface area contributed by atoms with Gasteiger partial charge in [-0.2, -0.15) is 13.2 Å². The van der Waals surface area contributed by atoms with Gasteiger partial charge in [-0.3, -0.25) is 0 Å². The molecule has 0 spiro atoms. The van der Waals surface area contributed by atoms with E-state index in [1.54, 1.807) is 6.07 Å². The molecule has 1 heterocycles. The summed E-state index contributed by atoms with van der Waals surface area (Å²) in [7, 11) is 0. The molecule has 2 N–H and O–H groups in total. The van der Waals surface area contributed by atoms with Crippen LogP contribution in [0.2, 0.25) is 0 Å². The van der Waals surface area contributed by atoms with Gasteiger partial charge in [0.1, 0.15) is 0 Å². The van der Waals surface area contributed by atoms with Crippen molar-refractivity contribution in [1.29, 1.82) is 0 Å². The first-order valence-corrected chi connectivity index (χ1v) is 4.74. The summed E-state index contributed by atoms with van der Waals surface area (Å²) in [6.07, 6.45) is -3.80. The van der Waals surface area contributed by atoms with Crippen molar-refractivity contribution in [2.75, 3.05) is 0 Å². The van der Waals surface area contributed by atoms with Crippen molar-refractivity contribution in [3.8, 4) is 0 Å². The number of hydrogen-bond donors (Lipinski definition) is 1. The fourth-order valence-electron chi connectivity index (χ4n) is 1.04. The number of alkyl halides is 3. The highest BCUT2D eigenvalue weighted by Crippen LogP contribution is 2.30. The van der Waals surface area contributed by atoms with Gasteiger partial charge in [-0.15, -0.1) is 0 Å². The third-order valence-corrected chi connectivity index (χ3v) is 2.43. The number of furan rings is 1. The Kier molecular flexibility index (Phi) is 3.60. The van der Waals surface area contributed by atoms with Gasteiger partial charge in [0.05, 0.1) is 6.26 Å². The lowest BCUT2D eigenvalue weighted by Gasteiger charge is -2.11. The number of halogens is 4. The van der Waals surface area contributed by atoms with Crippen LogP contribution >= 0.6 is 15.9 Å². The molecule has 0 radical (unpaired) electrons. The van der Waals surface area contributed by atoms with E-state index in [1.165, 1.54) is 6.26 Å². The van der Waals surface area contributed by atoms with Crippen molar-refractivity contribution in [3.05, 3.63) is 22.6 Å². The first-order valence-electron chi connectivity index (χ1n) is 3.95. The molecule has 2 nitrogen and oxygen atoms in total. The second-order valence-electron chi connectivity index (χ2n) is 2.91. The van der Waals surface area contributed by atoms with Gasteiger partial charge in [0.25, 0.3) is 0 Å². The highest BCUT2D eigenvalue weighted by atomic mass is 79.9. The predicted molar refractivity (Wildman–Crippen MR) is 48.6 cm³/mol. The van der Waals surface area contributed by atoms with Crippen molar-refractivity contribution in [3.63, 3.8) is 0 Å². The summed E-state index contributed by atoms with van der Waals surface area (Å²) < 4.78 is 40.9. The molecule has 14 heavy (non-hydrogen) atoms. The number of hydrogen-bond acceptors (Lipinski definition) is 2. The minimum atomic E-state index is -4.16. The van der Waals surface area contributed by atoms with Crippen molar-refractivity contribution in [2.45, 2.75) is 25.1 Å². The summed E-state index contributed by atoms with van der Waals surface area (Å²) in [6.45, 7) is 0. The van der Waals surface area contributed by atoms with Crippen LogP contribution in [0, 0.1) is 0 Å². The summed E-state index contributed by atoms with van der Waals surface area (Å²) in [4.78, 5) is 0. The average Bonchev–Trinajstić information content (AvgIpc) is 2.46. The molecule has 0 amide bonds. The van der Waals surface area contributed by atoms with Gasteiger partial charge >= 0.3 is 6.18 Å². The van der Waals surface area contributed by atoms with Gasteiger partial charge in [0, 0.05) is 18.0 Å². The van der Waals surface area contributed by atoms with Crippen LogP contribution in [-0.2, 0) is 0 Å². The highest BCUT2D eigenvalue weighted by Gasteiger charge is 2.28. The smallest absolute Gasteiger partial charge is 0.389 e. The molecule has 6 heteroatoms. The Balaban J connectivity index is 2.51. The molecule has 0 aliphatic carbocycles. The third kappa shape index (κ3) is 3.34. The molecule has 1 aromatic rings. The Morgan fingerprint density at radius 2 is 2.14 bits per heavy atom. The molecule has 0 saturated carbocycles. The molecule has 0 aliphatic rings. The zero-order valence-electron chi connectivity index (χ0n) is 7.14. The summed E-state index contributed by atoms with van der Waals surface area (Å²) in [5, 5.41) is 0. The molecule has 1 aromatic heterocycles. The van der Waals surface area contributed by atoms with Crippen LogP contribution < -0.4 is 5.73 Å². The summed E-state index contributed by atoms with van der Waals surface area (Å²) in [6, 6.07) is 0.912. The lowest BCUT2D eigenvalue weighted by atomic mass is 10.1. The summed E-state index contributed by atoms with van der Waals surface area (Å²) >= 11 is 3.06. The molecule has 0 bridgehead atoms. The number of nitrogens with two attached hydrogens (primary N) is 1. The van der Waals surface area contributed by atoms with Crippen LogP contribution in [0.4, 0.5) is 13.2 Å². The minimum Gasteiger partial charge on any atom is -0.457 e. The van der Waals surface area contributed by atoms with Crippen LogP contribution in [-0.4, -0.2) is 6.18 Å². The van der Waals surface area contributed by atoms with Crippen LogP contribution in [0.5, 0.6) is 0 Å². The summed E-state index contributed by atoms with van der Waals surface area (Å²) in [5.41, 5.74) is 6.12. The second-order valence-corrected chi connectivity index (χ2v) is 3.63. The van der Waals surface area contributed by atoms with Crippen molar-refractivity contribution in [1.82, 2.24) is 0 Å². The molecular formula is C8H9BrF3NO. The molecular weight excluding hydrogens is 263 g/mol. The maximum absolute atomic E-state index is 11.9. The van der Waals surface area contributed by atoms with E-state index in [2.05, 4.69) is 15.9 Å². The monoisotopic (exact) mass is 271 g/mol. The van der Waals surface area contributed by atoms with Crippen molar-refractivity contribution >= 4 is 15.9 Å². The third-order valence-electron chi connectivity index (χ3n) is 1.78. The molecule has 0 saturated heterocycles. The zero-order chi connectivity index (χ0) is 10.8. The molecule has 0 fully saturated rings. The maximum Gasteiger partial charge on any atom is 0.389 e. The Morgan fingerprint density at radius 1 is 1.50 bits per heavy atom. The largest absolute Gasteiger partial charge is 0.457 e. The maximum atomic E-state index is 11.9. The quantitative estimate of drug-likeness (QED) is 0.916. The minimum absolute atomic E-state index is 0.137. The van der Waals surface area contributed by atoms with Crippen LogP contribution in [0.25, 0.3) is 0 Å². The molecule has 0 aromatic carbocycles. The van der Waals surface area contributed by atoms with Crippen LogP contribution in [0.15, 0.2) is 21.4 Å². The molecule has 0 aliphatic heterocycles. The zero-order valence-corrected chi connectivity index (χ0v) is 8.73. The van der Waals surface area contributed by atoms with Gasteiger partial charge in [-0.1, -0.05) is 0 Å². The van der Waals surface area contributed by atoms with E-state index in [0.29, 0.717) is 10.2 Å². The summed E-state index contributed by atoms with van der Waals surface area (Å²) in [5.74, 6) is 0. The molecule has 1 atom stereocenters. The second kappa shape index (κ2) is 4.35. The topological polar surface area (TPSA) is 39.2 Å². The lowest BCUT2D eigenvalue weighted by molar-refractivity contribution is -0.136. The number of rotatable bonds is 3. The van der Waals surface area contributed by atoms with Gasteiger partial charge in [0.15, 0.2) is 4.67 Å². The standard InChI is InChI=1S/C8H9BrF3NO/c9-7-5(2-4-14-7)6(13)1-3-8(10,11)12/h2,4,6H,1,3,13H2. The Bertz CT molecular complexity index is 297. The van der Waals surface area contributed by atoms with Crippen LogP contribution in [0.1, 0.15) is 24.4 Å². The fourth-order valence-corrected chi connectivity index (χ4v) is 1.58. The van der Waals surface area contributed by atoms with Gasteiger partial charge in [-0.25, -0.2) is 0 Å². The highest BCUT2D eigenvalue weighted by molar-refractivity contribution is 9.10. The van der Waals surface area contributed by atoms with Crippen molar-refractivity contribution < 1.29 is 17.6 Å². The van der Waals surface area contributed by atoms with Gasteiger partial charge in [-0.05, 0) is 28.4 Å². The van der Waals surface area contributed by atoms with E-state index >= 15 is 0 Å². The first kappa shape index (κ1) is 11.6. The SMILES string of the molecule is NC(CCC(F)(F)F)c1ccoc1Br. The normalized spacial score (nSPS) is 14.4. The van der Waals surface area contributed by atoms with Gasteiger partial charge < -0.3 is 10.2 Å². The van der Waals surface area contributed by atoms with Gasteiger partial charge in [0.2, 0.25) is 0 Å². The van der Waals surface area contributed by atoms with Crippen LogP contribution in [0.3, 0.4) is 0 Å². The average molecular weight is 272 g/mol. The Labute approximate surface area is 87.4 Å². The van der Waals surface area contributed by atoms with E-state index < -0.39 is 18.6 Å². The predicted octanol–water partition coefficient (Wildman–Crippen LogP) is 3.38. The lowest BCUT2D eigenvalue weighted by Crippen LogP contribution is -2.15.